The van der Waals surface area contributed by atoms with Crippen LogP contribution in [0, 0.1) is 30.1 Å². The number of thiazole rings is 1. The van der Waals surface area contributed by atoms with Crippen LogP contribution in [0.4, 0.5) is 5.13 Å². The molecule has 1 aromatic carbocycles. The molecular weight excluding hydrogens is 432 g/mol. The van der Waals surface area contributed by atoms with Gasteiger partial charge in [-0.15, -0.1) is 11.3 Å². The van der Waals surface area contributed by atoms with Crippen molar-refractivity contribution in [1.82, 2.24) is 4.98 Å². The number of fused-ring (bicyclic) bond motifs is 5. The number of aliphatic hydroxyl groups is 1. The summed E-state index contributed by atoms with van der Waals surface area (Å²) < 4.78 is 5.47. The van der Waals surface area contributed by atoms with E-state index in [1.54, 1.807) is 13.3 Å². The first-order valence-electron chi connectivity index (χ1n) is 12.5. The van der Waals surface area contributed by atoms with Crippen LogP contribution in [0.2, 0.25) is 0 Å². The normalized spacial score (nSPS) is 32.5. The van der Waals surface area contributed by atoms with Crippen LogP contribution in [0.1, 0.15) is 73.8 Å². The number of aliphatic hydroxyl groups excluding tert-OH is 1. The van der Waals surface area contributed by atoms with Gasteiger partial charge in [0.1, 0.15) is 5.75 Å². The average Bonchev–Trinajstić information content (AvgIpc) is 3.32. The van der Waals surface area contributed by atoms with E-state index < -0.39 is 0 Å². The highest BCUT2D eigenvalue weighted by Gasteiger charge is 2.58. The average molecular weight is 469 g/mol. The van der Waals surface area contributed by atoms with E-state index in [4.69, 9.17) is 4.74 Å². The largest absolute Gasteiger partial charge is 0.497 e. The zero-order valence-electron chi connectivity index (χ0n) is 20.0. The predicted octanol–water partition coefficient (Wildman–Crippen LogP) is 5.71. The van der Waals surface area contributed by atoms with Crippen LogP contribution in [0.25, 0.3) is 0 Å². The zero-order valence-corrected chi connectivity index (χ0v) is 20.8. The van der Waals surface area contributed by atoms with E-state index in [1.165, 1.54) is 28.9 Å². The molecule has 0 aliphatic heterocycles. The molecule has 2 fully saturated rings. The van der Waals surface area contributed by atoms with Gasteiger partial charge in [-0.05, 0) is 104 Å². The topological polar surface area (TPSA) is 71.5 Å². The number of aryl methyl sites for hydroxylation is 2. The Hall–Kier alpha value is -1.92. The number of hydrogen-bond donors (Lipinski definition) is 2. The van der Waals surface area contributed by atoms with Gasteiger partial charge in [0.15, 0.2) is 5.13 Å². The molecule has 0 bridgehead atoms. The summed E-state index contributed by atoms with van der Waals surface area (Å²) in [5, 5.41) is 14.7. The number of rotatable bonds is 6. The monoisotopic (exact) mass is 468 g/mol. The van der Waals surface area contributed by atoms with Gasteiger partial charge in [0.2, 0.25) is 5.91 Å². The van der Waals surface area contributed by atoms with Crippen LogP contribution in [-0.4, -0.2) is 29.2 Å². The lowest BCUT2D eigenvalue weighted by atomic mass is 9.53. The predicted molar refractivity (Wildman–Crippen MR) is 132 cm³/mol. The summed E-state index contributed by atoms with van der Waals surface area (Å²) in [5.74, 6) is 3.24. The Balaban J connectivity index is 1.27. The molecule has 3 aliphatic carbocycles. The summed E-state index contributed by atoms with van der Waals surface area (Å²) in [6.07, 6.45) is 9.39. The number of anilines is 1. The van der Waals surface area contributed by atoms with Gasteiger partial charge in [-0.1, -0.05) is 13.0 Å². The van der Waals surface area contributed by atoms with Crippen LogP contribution in [0.5, 0.6) is 5.75 Å². The quantitative estimate of drug-likeness (QED) is 0.569. The summed E-state index contributed by atoms with van der Waals surface area (Å²) in [6.45, 7) is 4.33. The van der Waals surface area contributed by atoms with E-state index in [-0.39, 0.29) is 17.4 Å². The van der Waals surface area contributed by atoms with E-state index in [0.717, 1.165) is 49.2 Å². The lowest BCUT2D eigenvalue weighted by molar-refractivity contribution is -0.116. The summed E-state index contributed by atoms with van der Waals surface area (Å²) in [7, 11) is 1.74. The third kappa shape index (κ3) is 4.21. The Morgan fingerprint density at radius 3 is 2.97 bits per heavy atom. The summed E-state index contributed by atoms with van der Waals surface area (Å²) in [5.41, 5.74) is 2.96. The maximum absolute atomic E-state index is 12.4. The van der Waals surface area contributed by atoms with Crippen LogP contribution < -0.4 is 10.1 Å². The summed E-state index contributed by atoms with van der Waals surface area (Å²) >= 11 is 1.51. The Labute approximate surface area is 201 Å². The number of ether oxygens (including phenoxy) is 1. The summed E-state index contributed by atoms with van der Waals surface area (Å²) in [4.78, 5) is 17.8. The highest BCUT2D eigenvalue weighted by atomic mass is 32.1. The fourth-order valence-electron chi connectivity index (χ4n) is 7.36. The number of nitrogens with one attached hydrogen (secondary N) is 1. The third-order valence-corrected chi connectivity index (χ3v) is 9.70. The van der Waals surface area contributed by atoms with Gasteiger partial charge in [0.25, 0.3) is 0 Å². The van der Waals surface area contributed by atoms with Gasteiger partial charge >= 0.3 is 0 Å². The van der Waals surface area contributed by atoms with Crippen molar-refractivity contribution in [3.05, 3.63) is 40.4 Å². The van der Waals surface area contributed by atoms with Crippen LogP contribution in [-0.2, 0) is 11.2 Å². The number of carbonyl (C=O) groups excluding carboxylic acids is 1. The molecule has 2 aromatic rings. The molecule has 5 rings (SSSR count). The standard InChI is InChI=1S/C27H36N2O3S/c1-16-15-28-26(33-16)29-24(31)6-4-5-18-14-23(30)27(2)12-11-21-20-10-8-19(32-3)13-17(20)7-9-22(21)25(18)27/h8,10,13,15,18,21-23,25,30H,4-7,9,11-12,14H2,1-3H3,(H,28,29,31)/t18-,21?,22?,23+,25?,27-/m1/s1. The third-order valence-electron chi connectivity index (χ3n) is 8.87. The molecule has 2 saturated carbocycles. The Morgan fingerprint density at radius 1 is 1.36 bits per heavy atom. The number of benzene rings is 1. The number of aromatic nitrogens is 1. The molecule has 178 valence electrons. The van der Waals surface area contributed by atoms with E-state index in [9.17, 15) is 9.90 Å². The minimum absolute atomic E-state index is 0.0104. The van der Waals surface area contributed by atoms with Crippen molar-refractivity contribution in [3.63, 3.8) is 0 Å². The van der Waals surface area contributed by atoms with Crippen molar-refractivity contribution in [2.75, 3.05) is 12.4 Å². The lowest BCUT2D eigenvalue weighted by Crippen LogP contribution is -2.45. The second kappa shape index (κ2) is 9.03. The van der Waals surface area contributed by atoms with Crippen molar-refractivity contribution in [3.8, 4) is 5.75 Å². The SMILES string of the molecule is COc1ccc2c(c1)CCC1C2CC[C@@]2(C)C1[C@H](CCCC(=O)Nc1ncc(C)s1)C[C@@H]2O. The first-order valence-corrected chi connectivity index (χ1v) is 13.3. The molecule has 3 unspecified atom stereocenters. The molecule has 2 N–H and O–H groups in total. The number of nitrogens with zero attached hydrogens (tertiary/aromatic N) is 1. The molecule has 1 aromatic heterocycles. The van der Waals surface area contributed by atoms with Crippen LogP contribution in [0.3, 0.4) is 0 Å². The smallest absolute Gasteiger partial charge is 0.226 e. The Morgan fingerprint density at radius 2 is 2.21 bits per heavy atom. The van der Waals surface area contributed by atoms with Crippen molar-refractivity contribution in [2.45, 2.75) is 77.2 Å². The van der Waals surface area contributed by atoms with Crippen LogP contribution in [0.15, 0.2) is 24.4 Å². The second-order valence-electron chi connectivity index (χ2n) is 10.7. The van der Waals surface area contributed by atoms with Gasteiger partial charge in [0, 0.05) is 17.5 Å². The Bertz CT molecular complexity index is 1020. The minimum atomic E-state index is -0.224. The molecule has 1 heterocycles. The number of amides is 1. The van der Waals surface area contributed by atoms with Gasteiger partial charge in [0.05, 0.1) is 13.2 Å². The zero-order chi connectivity index (χ0) is 23.2. The number of hydrogen-bond acceptors (Lipinski definition) is 5. The fourth-order valence-corrected chi connectivity index (χ4v) is 8.04. The lowest BCUT2D eigenvalue weighted by Gasteiger charge is -2.51. The van der Waals surface area contributed by atoms with E-state index in [2.05, 4.69) is 35.4 Å². The molecule has 33 heavy (non-hydrogen) atoms. The Kier molecular flexibility index (Phi) is 6.25. The van der Waals surface area contributed by atoms with Crippen molar-refractivity contribution in [2.24, 2.45) is 23.2 Å². The molecule has 5 nitrogen and oxygen atoms in total. The molecule has 0 saturated heterocycles. The van der Waals surface area contributed by atoms with Gasteiger partial charge < -0.3 is 15.2 Å². The molecular formula is C27H36N2O3S. The van der Waals surface area contributed by atoms with Crippen molar-refractivity contribution < 1.29 is 14.6 Å². The highest BCUT2D eigenvalue weighted by molar-refractivity contribution is 7.15. The van der Waals surface area contributed by atoms with Gasteiger partial charge in [-0.25, -0.2) is 4.98 Å². The molecule has 6 heteroatoms. The van der Waals surface area contributed by atoms with E-state index in [0.29, 0.717) is 35.2 Å². The van der Waals surface area contributed by atoms with E-state index >= 15 is 0 Å². The maximum atomic E-state index is 12.4. The highest BCUT2D eigenvalue weighted by Crippen LogP contribution is 2.63. The second-order valence-corrected chi connectivity index (χ2v) is 11.9. The van der Waals surface area contributed by atoms with Gasteiger partial charge in [-0.3, -0.25) is 4.79 Å². The molecule has 3 aliphatic rings. The van der Waals surface area contributed by atoms with Crippen LogP contribution >= 0.6 is 11.3 Å². The van der Waals surface area contributed by atoms with E-state index in [1.807, 2.05) is 6.92 Å². The number of methoxy groups -OCH3 is 1. The maximum Gasteiger partial charge on any atom is 0.226 e. The van der Waals surface area contributed by atoms with Crippen molar-refractivity contribution >= 4 is 22.4 Å². The first kappa shape index (κ1) is 22.9. The van der Waals surface area contributed by atoms with Crippen molar-refractivity contribution in [1.29, 1.82) is 0 Å². The molecule has 1 amide bonds. The molecule has 0 radical (unpaired) electrons. The summed E-state index contributed by atoms with van der Waals surface area (Å²) in [6, 6.07) is 6.63. The fraction of sp³-hybridized carbons (Fsp3) is 0.630. The first-order chi connectivity index (χ1) is 15.9. The van der Waals surface area contributed by atoms with Gasteiger partial charge in [-0.2, -0.15) is 0 Å². The molecule has 0 spiro atoms. The minimum Gasteiger partial charge on any atom is -0.497 e. The molecule has 6 atom stereocenters. The number of carbonyl (C=O) groups is 1.